The van der Waals surface area contributed by atoms with Gasteiger partial charge in [0.05, 0.1) is 12.5 Å². The molecule has 7 heteroatoms. The molecule has 116 valence electrons. The number of carbonyl (C=O) groups is 1. The monoisotopic (exact) mass is 303 g/mol. The van der Waals surface area contributed by atoms with Crippen LogP contribution in [0.5, 0.6) is 5.75 Å². The molecule has 1 heterocycles. The van der Waals surface area contributed by atoms with Gasteiger partial charge in [-0.1, -0.05) is 6.07 Å². The fourth-order valence-corrected chi connectivity index (χ4v) is 2.19. The van der Waals surface area contributed by atoms with E-state index < -0.39 is 12.4 Å². The SMILES string of the molecule is O=C(CC1CCCO1)NCc1c(F)cccc1OC(F)F. The molecule has 0 spiro atoms. The van der Waals surface area contributed by atoms with Crippen molar-refractivity contribution < 1.29 is 27.4 Å². The highest BCUT2D eigenvalue weighted by molar-refractivity contribution is 5.76. The first-order valence-corrected chi connectivity index (χ1v) is 6.66. The second-order valence-corrected chi connectivity index (χ2v) is 4.71. The molecule has 1 amide bonds. The van der Waals surface area contributed by atoms with Crippen LogP contribution < -0.4 is 10.1 Å². The molecular weight excluding hydrogens is 287 g/mol. The lowest BCUT2D eigenvalue weighted by atomic mass is 10.1. The molecule has 1 aliphatic heterocycles. The molecule has 1 aromatic rings. The summed E-state index contributed by atoms with van der Waals surface area (Å²) in [6, 6.07) is 3.63. The summed E-state index contributed by atoms with van der Waals surface area (Å²) in [5.74, 6) is -1.29. The number of ether oxygens (including phenoxy) is 2. The molecule has 0 aliphatic carbocycles. The van der Waals surface area contributed by atoms with Crippen molar-refractivity contribution in [1.29, 1.82) is 0 Å². The van der Waals surface area contributed by atoms with E-state index in [0.717, 1.165) is 18.9 Å². The summed E-state index contributed by atoms with van der Waals surface area (Å²) in [5.41, 5.74) is -0.0986. The first-order valence-electron chi connectivity index (χ1n) is 6.66. The normalized spacial score (nSPS) is 18.0. The highest BCUT2D eigenvalue weighted by atomic mass is 19.3. The Morgan fingerprint density at radius 2 is 2.29 bits per heavy atom. The third-order valence-corrected chi connectivity index (χ3v) is 3.19. The van der Waals surface area contributed by atoms with E-state index in [4.69, 9.17) is 4.74 Å². The maximum absolute atomic E-state index is 13.7. The van der Waals surface area contributed by atoms with Crippen molar-refractivity contribution in [1.82, 2.24) is 5.32 Å². The van der Waals surface area contributed by atoms with E-state index in [9.17, 15) is 18.0 Å². The van der Waals surface area contributed by atoms with E-state index in [1.807, 2.05) is 0 Å². The summed E-state index contributed by atoms with van der Waals surface area (Å²) in [6.45, 7) is -2.62. The molecule has 1 saturated heterocycles. The Labute approximate surface area is 120 Å². The van der Waals surface area contributed by atoms with Gasteiger partial charge >= 0.3 is 6.61 Å². The van der Waals surface area contributed by atoms with E-state index in [-0.39, 0.29) is 36.3 Å². The van der Waals surface area contributed by atoms with Gasteiger partial charge in [0.1, 0.15) is 11.6 Å². The molecule has 2 rings (SSSR count). The van der Waals surface area contributed by atoms with Gasteiger partial charge < -0.3 is 14.8 Å². The first kappa shape index (κ1) is 15.6. The zero-order chi connectivity index (χ0) is 15.2. The molecule has 1 fully saturated rings. The molecule has 0 saturated carbocycles. The zero-order valence-corrected chi connectivity index (χ0v) is 11.3. The van der Waals surface area contributed by atoms with Crippen LogP contribution in [0.2, 0.25) is 0 Å². The van der Waals surface area contributed by atoms with Crippen molar-refractivity contribution in [2.24, 2.45) is 0 Å². The quantitative estimate of drug-likeness (QED) is 0.879. The van der Waals surface area contributed by atoms with Crippen LogP contribution in [0.15, 0.2) is 18.2 Å². The van der Waals surface area contributed by atoms with Crippen LogP contribution in [0.25, 0.3) is 0 Å². The zero-order valence-electron chi connectivity index (χ0n) is 11.3. The molecule has 1 aliphatic rings. The molecule has 0 aromatic heterocycles. The number of benzene rings is 1. The van der Waals surface area contributed by atoms with Crippen LogP contribution in [-0.2, 0) is 16.1 Å². The predicted molar refractivity (Wildman–Crippen MR) is 68.5 cm³/mol. The van der Waals surface area contributed by atoms with Gasteiger partial charge in [0, 0.05) is 18.7 Å². The van der Waals surface area contributed by atoms with Gasteiger partial charge in [-0.25, -0.2) is 4.39 Å². The minimum absolute atomic E-state index is 0.0986. The average Bonchev–Trinajstić information content (AvgIpc) is 2.90. The van der Waals surface area contributed by atoms with Crippen molar-refractivity contribution >= 4 is 5.91 Å². The van der Waals surface area contributed by atoms with E-state index in [2.05, 4.69) is 10.1 Å². The third-order valence-electron chi connectivity index (χ3n) is 3.19. The van der Waals surface area contributed by atoms with Crippen molar-refractivity contribution in [3.05, 3.63) is 29.6 Å². The van der Waals surface area contributed by atoms with Crippen molar-refractivity contribution in [2.75, 3.05) is 6.61 Å². The van der Waals surface area contributed by atoms with Crippen LogP contribution in [0.1, 0.15) is 24.8 Å². The Bertz CT molecular complexity index is 490. The molecule has 0 bridgehead atoms. The van der Waals surface area contributed by atoms with Crippen LogP contribution in [-0.4, -0.2) is 25.2 Å². The Morgan fingerprint density at radius 1 is 1.48 bits per heavy atom. The smallest absolute Gasteiger partial charge is 0.387 e. The van der Waals surface area contributed by atoms with Gasteiger partial charge in [0.2, 0.25) is 5.91 Å². The number of alkyl halides is 2. The number of amides is 1. The summed E-state index contributed by atoms with van der Waals surface area (Å²) in [7, 11) is 0. The fourth-order valence-electron chi connectivity index (χ4n) is 2.19. The van der Waals surface area contributed by atoms with E-state index in [1.54, 1.807) is 0 Å². The highest BCUT2D eigenvalue weighted by Gasteiger charge is 2.20. The Hall–Kier alpha value is -1.76. The second-order valence-electron chi connectivity index (χ2n) is 4.71. The Morgan fingerprint density at radius 3 is 2.95 bits per heavy atom. The van der Waals surface area contributed by atoms with Crippen LogP contribution in [0, 0.1) is 5.82 Å². The minimum Gasteiger partial charge on any atom is -0.434 e. The van der Waals surface area contributed by atoms with Crippen LogP contribution >= 0.6 is 0 Å². The third kappa shape index (κ3) is 4.63. The molecule has 1 atom stereocenters. The van der Waals surface area contributed by atoms with Gasteiger partial charge in [0.25, 0.3) is 0 Å². The predicted octanol–water partition coefficient (Wildman–Crippen LogP) is 2.61. The summed E-state index contributed by atoms with van der Waals surface area (Å²) in [5, 5.41) is 2.50. The standard InChI is InChI=1S/C14H16F3NO3/c15-11-4-1-5-12(21-14(16)17)10(11)8-18-13(19)7-9-3-2-6-20-9/h1,4-5,9,14H,2-3,6-8H2,(H,18,19). The van der Waals surface area contributed by atoms with Gasteiger partial charge in [0.15, 0.2) is 0 Å². The largest absolute Gasteiger partial charge is 0.434 e. The minimum atomic E-state index is -3.05. The van der Waals surface area contributed by atoms with Crippen molar-refractivity contribution in [3.63, 3.8) is 0 Å². The Balaban J connectivity index is 1.93. The van der Waals surface area contributed by atoms with E-state index in [1.165, 1.54) is 12.1 Å². The lowest BCUT2D eigenvalue weighted by Crippen LogP contribution is -2.27. The molecule has 1 aromatic carbocycles. The summed E-state index contributed by atoms with van der Waals surface area (Å²) in [6.07, 6.45) is 1.78. The molecule has 4 nitrogen and oxygen atoms in total. The lowest BCUT2D eigenvalue weighted by Gasteiger charge is -2.13. The average molecular weight is 303 g/mol. The lowest BCUT2D eigenvalue weighted by molar-refractivity contribution is -0.123. The number of halogens is 3. The highest BCUT2D eigenvalue weighted by Crippen LogP contribution is 2.23. The van der Waals surface area contributed by atoms with E-state index >= 15 is 0 Å². The van der Waals surface area contributed by atoms with Gasteiger partial charge in [-0.2, -0.15) is 8.78 Å². The van der Waals surface area contributed by atoms with Crippen molar-refractivity contribution in [3.8, 4) is 5.75 Å². The van der Waals surface area contributed by atoms with E-state index in [0.29, 0.717) is 6.61 Å². The topological polar surface area (TPSA) is 47.6 Å². The number of carbonyl (C=O) groups excluding carboxylic acids is 1. The van der Waals surface area contributed by atoms with Crippen molar-refractivity contribution in [2.45, 2.75) is 38.5 Å². The molecule has 1 N–H and O–H groups in total. The number of hydrogen-bond acceptors (Lipinski definition) is 3. The van der Waals surface area contributed by atoms with Gasteiger partial charge in [-0.05, 0) is 25.0 Å². The Kier molecular flexibility index (Phi) is 5.44. The number of rotatable bonds is 6. The molecule has 1 unspecified atom stereocenters. The maximum Gasteiger partial charge on any atom is 0.387 e. The summed E-state index contributed by atoms with van der Waals surface area (Å²) < 4.78 is 47.7. The van der Waals surface area contributed by atoms with Crippen LogP contribution in [0.3, 0.4) is 0 Å². The van der Waals surface area contributed by atoms with Gasteiger partial charge in [-0.15, -0.1) is 0 Å². The maximum atomic E-state index is 13.7. The van der Waals surface area contributed by atoms with Crippen LogP contribution in [0.4, 0.5) is 13.2 Å². The number of nitrogens with one attached hydrogen (secondary N) is 1. The summed E-state index contributed by atoms with van der Waals surface area (Å²) >= 11 is 0. The second kappa shape index (κ2) is 7.31. The number of hydrogen-bond donors (Lipinski definition) is 1. The molecular formula is C14H16F3NO3. The molecule has 21 heavy (non-hydrogen) atoms. The van der Waals surface area contributed by atoms with Gasteiger partial charge in [-0.3, -0.25) is 4.79 Å². The first-order chi connectivity index (χ1) is 10.1. The summed E-state index contributed by atoms with van der Waals surface area (Å²) in [4.78, 5) is 11.7. The fraction of sp³-hybridized carbons (Fsp3) is 0.500. The molecule has 0 radical (unpaired) electrons.